The fourth-order valence-electron chi connectivity index (χ4n) is 1.83. The first kappa shape index (κ1) is 13.6. The number of carbonyl (C=O) groups excluding carboxylic acids is 1. The molecule has 18 heavy (non-hydrogen) atoms. The molecule has 2 aliphatic rings. The lowest BCUT2D eigenvalue weighted by Crippen LogP contribution is -2.47. The maximum atomic E-state index is 12.6. The number of allylic oxidation sites excluding steroid dienone is 2. The molecule has 8 heteroatoms. The van der Waals surface area contributed by atoms with Crippen molar-refractivity contribution >= 4 is 29.3 Å². The summed E-state index contributed by atoms with van der Waals surface area (Å²) < 4.78 is 37.9. The summed E-state index contributed by atoms with van der Waals surface area (Å²) in [6, 6.07) is 0. The van der Waals surface area contributed by atoms with Crippen LogP contribution < -0.4 is 0 Å². The summed E-state index contributed by atoms with van der Waals surface area (Å²) in [4.78, 5) is 13.7. The third-order valence-corrected chi connectivity index (χ3v) is 4.22. The van der Waals surface area contributed by atoms with Gasteiger partial charge >= 0.3 is 6.18 Å². The minimum atomic E-state index is -4.43. The lowest BCUT2D eigenvalue weighted by Gasteiger charge is -2.39. The molecule has 0 fully saturated rings. The van der Waals surface area contributed by atoms with Crippen molar-refractivity contribution in [3.05, 3.63) is 22.9 Å². The molecule has 1 unspecified atom stereocenters. The quantitative estimate of drug-likeness (QED) is 0.732. The third-order valence-electron chi connectivity index (χ3n) is 2.66. The number of carbonyl (C=O) groups is 1. The minimum Gasteiger partial charge on any atom is -0.344 e. The Balaban J connectivity index is 2.31. The molecular formula is C10H10ClF3N2OS. The first-order valence-corrected chi connectivity index (χ1v) is 6.61. The Hall–Kier alpha value is -0.820. The molecule has 1 amide bonds. The van der Waals surface area contributed by atoms with Crippen molar-refractivity contribution in [3.8, 4) is 0 Å². The summed E-state index contributed by atoms with van der Waals surface area (Å²) in [5.74, 6) is -0.363. The lowest BCUT2D eigenvalue weighted by atomic mass is 10.3. The van der Waals surface area contributed by atoms with Gasteiger partial charge in [-0.2, -0.15) is 13.2 Å². The molecule has 0 aromatic heterocycles. The fourth-order valence-corrected chi connectivity index (χ4v) is 3.29. The number of hydrogen-bond acceptors (Lipinski definition) is 3. The predicted molar refractivity (Wildman–Crippen MR) is 63.5 cm³/mol. The predicted octanol–water partition coefficient (Wildman–Crippen LogP) is 2.71. The van der Waals surface area contributed by atoms with Crippen LogP contribution in [-0.4, -0.2) is 39.8 Å². The van der Waals surface area contributed by atoms with Crippen molar-refractivity contribution in [2.45, 2.75) is 18.6 Å². The van der Waals surface area contributed by atoms with Gasteiger partial charge in [0.25, 0.3) is 5.91 Å². The van der Waals surface area contributed by atoms with Gasteiger partial charge in [-0.25, -0.2) is 0 Å². The second-order valence-corrected chi connectivity index (χ2v) is 5.10. The largest absolute Gasteiger partial charge is 0.423 e. The molecule has 0 spiro atoms. The highest BCUT2D eigenvalue weighted by Crippen LogP contribution is 2.46. The summed E-state index contributed by atoms with van der Waals surface area (Å²) >= 11 is 6.33. The molecule has 0 saturated carbocycles. The summed E-state index contributed by atoms with van der Waals surface area (Å²) in [5.41, 5.74) is -0.132. The highest BCUT2D eigenvalue weighted by atomic mass is 35.5. The van der Waals surface area contributed by atoms with Gasteiger partial charge in [0.15, 0.2) is 5.50 Å². The number of thioether (sulfide) groups is 1. The van der Waals surface area contributed by atoms with Crippen molar-refractivity contribution in [2.24, 2.45) is 0 Å². The first-order chi connectivity index (χ1) is 8.38. The van der Waals surface area contributed by atoms with Crippen LogP contribution in [0.3, 0.4) is 0 Å². The molecule has 3 nitrogen and oxygen atoms in total. The maximum absolute atomic E-state index is 12.6. The zero-order valence-electron chi connectivity index (χ0n) is 9.37. The highest BCUT2D eigenvalue weighted by molar-refractivity contribution is 8.03. The van der Waals surface area contributed by atoms with Gasteiger partial charge in [-0.05, 0) is 6.92 Å². The van der Waals surface area contributed by atoms with E-state index in [1.165, 1.54) is 6.08 Å². The number of halogens is 4. The average Bonchev–Trinajstić information content (AvgIpc) is 2.73. The van der Waals surface area contributed by atoms with Crippen molar-refractivity contribution < 1.29 is 18.0 Å². The molecule has 2 heterocycles. The molecule has 0 radical (unpaired) electrons. The Morgan fingerprint density at radius 2 is 2.17 bits per heavy atom. The van der Waals surface area contributed by atoms with Crippen LogP contribution in [-0.2, 0) is 4.79 Å². The Kier molecular flexibility index (Phi) is 3.55. The average molecular weight is 299 g/mol. The molecular weight excluding hydrogens is 289 g/mol. The monoisotopic (exact) mass is 298 g/mol. The van der Waals surface area contributed by atoms with E-state index in [9.17, 15) is 18.0 Å². The van der Waals surface area contributed by atoms with E-state index in [2.05, 4.69) is 0 Å². The Morgan fingerprint density at radius 3 is 2.67 bits per heavy atom. The van der Waals surface area contributed by atoms with E-state index in [0.29, 0.717) is 24.0 Å². The van der Waals surface area contributed by atoms with E-state index in [0.717, 1.165) is 11.1 Å². The summed E-state index contributed by atoms with van der Waals surface area (Å²) in [6.45, 7) is 2.29. The van der Waals surface area contributed by atoms with Crippen molar-refractivity contribution in [3.63, 3.8) is 0 Å². The third kappa shape index (κ3) is 2.21. The van der Waals surface area contributed by atoms with Crippen LogP contribution in [0.25, 0.3) is 0 Å². The van der Waals surface area contributed by atoms with Gasteiger partial charge in [0.05, 0.1) is 5.88 Å². The minimum absolute atomic E-state index is 0.103. The highest BCUT2D eigenvalue weighted by Gasteiger charge is 2.46. The van der Waals surface area contributed by atoms with Gasteiger partial charge in [-0.15, -0.1) is 11.6 Å². The molecule has 2 rings (SSSR count). The number of amides is 1. The van der Waals surface area contributed by atoms with Gasteiger partial charge in [-0.1, -0.05) is 11.8 Å². The molecule has 100 valence electrons. The summed E-state index contributed by atoms with van der Waals surface area (Å²) in [7, 11) is 0. The second-order valence-electron chi connectivity index (χ2n) is 3.74. The zero-order valence-corrected chi connectivity index (χ0v) is 10.9. The van der Waals surface area contributed by atoms with Crippen LogP contribution in [0, 0.1) is 0 Å². The summed E-state index contributed by atoms with van der Waals surface area (Å²) in [6.07, 6.45) is -2.28. The van der Waals surface area contributed by atoms with Crippen LogP contribution in [0.4, 0.5) is 13.2 Å². The van der Waals surface area contributed by atoms with Crippen molar-refractivity contribution in [2.75, 3.05) is 12.4 Å². The fraction of sp³-hybridized carbons (Fsp3) is 0.500. The van der Waals surface area contributed by atoms with Crippen LogP contribution in [0.1, 0.15) is 6.92 Å². The second kappa shape index (κ2) is 4.70. The van der Waals surface area contributed by atoms with Crippen LogP contribution in [0.5, 0.6) is 0 Å². The van der Waals surface area contributed by atoms with Crippen molar-refractivity contribution in [1.82, 2.24) is 9.80 Å². The molecule has 0 N–H and O–H groups in total. The lowest BCUT2D eigenvalue weighted by molar-refractivity contribution is -0.127. The normalized spacial score (nSPS) is 24.1. The molecule has 0 saturated heterocycles. The maximum Gasteiger partial charge on any atom is 0.423 e. The molecule has 0 aromatic rings. The van der Waals surface area contributed by atoms with Gasteiger partial charge < -0.3 is 4.90 Å². The van der Waals surface area contributed by atoms with E-state index in [-0.39, 0.29) is 5.88 Å². The number of fused-ring (bicyclic) bond motifs is 1. The van der Waals surface area contributed by atoms with E-state index >= 15 is 0 Å². The SMILES string of the molecule is CCN1C(CCl)=CC(=O)N2C=C(C(F)(F)F)SC21. The Morgan fingerprint density at radius 1 is 1.50 bits per heavy atom. The molecule has 2 aliphatic heterocycles. The molecule has 0 aromatic carbocycles. The topological polar surface area (TPSA) is 23.6 Å². The molecule has 0 bridgehead atoms. The van der Waals surface area contributed by atoms with E-state index < -0.39 is 22.5 Å². The van der Waals surface area contributed by atoms with E-state index in [4.69, 9.17) is 11.6 Å². The zero-order chi connectivity index (χ0) is 13.5. The van der Waals surface area contributed by atoms with Gasteiger partial charge in [0.2, 0.25) is 0 Å². The van der Waals surface area contributed by atoms with Crippen LogP contribution >= 0.6 is 23.4 Å². The van der Waals surface area contributed by atoms with Crippen LogP contribution in [0.15, 0.2) is 22.9 Å². The van der Waals surface area contributed by atoms with Gasteiger partial charge in [0.1, 0.15) is 4.91 Å². The number of hydrogen-bond donors (Lipinski definition) is 0. The van der Waals surface area contributed by atoms with Crippen molar-refractivity contribution in [1.29, 1.82) is 0 Å². The van der Waals surface area contributed by atoms with Crippen LogP contribution in [0.2, 0.25) is 0 Å². The number of rotatable bonds is 2. The standard InChI is InChI=1S/C10H10ClF3N2OS/c1-2-15-6(4-11)3-8(17)16-5-7(10(12,13)14)18-9(15)16/h3,5,9H,2,4H2,1H3. The smallest absolute Gasteiger partial charge is 0.344 e. The van der Waals surface area contributed by atoms with Gasteiger partial charge in [-0.3, -0.25) is 9.69 Å². The number of nitrogens with zero attached hydrogens (tertiary/aromatic N) is 2. The first-order valence-electron chi connectivity index (χ1n) is 5.19. The Labute approximate surface area is 111 Å². The number of alkyl halides is 4. The van der Waals surface area contributed by atoms with Gasteiger partial charge in [0, 0.05) is 24.5 Å². The molecule has 0 aliphatic carbocycles. The van der Waals surface area contributed by atoms with E-state index in [1.54, 1.807) is 11.8 Å². The van der Waals surface area contributed by atoms with E-state index in [1.807, 2.05) is 0 Å². The summed E-state index contributed by atoms with van der Waals surface area (Å²) in [5, 5.41) is 0. The molecule has 1 atom stereocenters. The Bertz CT molecular complexity index is 435.